The van der Waals surface area contributed by atoms with Crippen LogP contribution in [-0.4, -0.2) is 49.4 Å². The van der Waals surface area contributed by atoms with Gasteiger partial charge in [-0.05, 0) is 6.92 Å². The van der Waals surface area contributed by atoms with Gasteiger partial charge in [-0.15, -0.1) is 0 Å². The minimum absolute atomic E-state index is 0.0989. The van der Waals surface area contributed by atoms with Gasteiger partial charge in [-0.2, -0.15) is 5.10 Å². The third-order valence-electron chi connectivity index (χ3n) is 5.57. The fourth-order valence-corrected chi connectivity index (χ4v) is 4.01. The van der Waals surface area contributed by atoms with Crippen molar-refractivity contribution < 1.29 is 19.1 Å². The van der Waals surface area contributed by atoms with E-state index in [1.54, 1.807) is 9.58 Å². The molecule has 1 unspecified atom stereocenters. The van der Waals surface area contributed by atoms with Crippen LogP contribution in [0.15, 0.2) is 17.0 Å². The highest BCUT2D eigenvalue weighted by Gasteiger charge is 2.45. The van der Waals surface area contributed by atoms with E-state index in [0.717, 1.165) is 6.54 Å². The summed E-state index contributed by atoms with van der Waals surface area (Å²) in [5, 5.41) is 14.9. The first kappa shape index (κ1) is 18.0. The van der Waals surface area contributed by atoms with Crippen molar-refractivity contribution >= 4 is 5.91 Å². The van der Waals surface area contributed by atoms with Crippen LogP contribution >= 0.6 is 0 Å². The smallest absolute Gasteiger partial charge is 0.276 e. The Bertz CT molecular complexity index is 833. The lowest BCUT2D eigenvalue weighted by molar-refractivity contribution is -0.0505. The minimum Gasteiger partial charge on any atom is -0.483 e. The van der Waals surface area contributed by atoms with Gasteiger partial charge in [-0.1, -0.05) is 13.8 Å². The standard InChI is InChI=1S/C19H26N4O4/c1-4-23-10-14-15(21-23)13(24)9-19(27-14)5-7-22(8-6-19)18(25)16-17(12(2)3)26-11-20-16/h10-13,24H,4-9H2,1-3H3. The number of carbonyl (C=O) groups is 1. The monoisotopic (exact) mass is 374 g/mol. The van der Waals surface area contributed by atoms with E-state index in [0.29, 0.717) is 55.2 Å². The maximum absolute atomic E-state index is 12.9. The Morgan fingerprint density at radius 1 is 1.41 bits per heavy atom. The number of likely N-dealkylation sites (tertiary alicyclic amines) is 1. The first-order valence-electron chi connectivity index (χ1n) is 9.59. The molecule has 1 amide bonds. The molecule has 0 aromatic carbocycles. The summed E-state index contributed by atoms with van der Waals surface area (Å²) in [4.78, 5) is 18.8. The second-order valence-corrected chi connectivity index (χ2v) is 7.75. The lowest BCUT2D eigenvalue weighted by atomic mass is 9.83. The first-order valence-corrected chi connectivity index (χ1v) is 9.59. The third kappa shape index (κ3) is 3.12. The summed E-state index contributed by atoms with van der Waals surface area (Å²) in [6.07, 6.45) is 4.39. The van der Waals surface area contributed by atoms with Crippen LogP contribution in [0.3, 0.4) is 0 Å². The molecule has 2 aliphatic rings. The molecule has 1 spiro atoms. The van der Waals surface area contributed by atoms with Gasteiger partial charge in [0.2, 0.25) is 0 Å². The summed E-state index contributed by atoms with van der Waals surface area (Å²) in [6, 6.07) is 0. The van der Waals surface area contributed by atoms with Gasteiger partial charge in [0.15, 0.2) is 17.8 Å². The normalized spacial score (nSPS) is 21.4. The topological polar surface area (TPSA) is 93.6 Å². The molecule has 1 N–H and O–H groups in total. The molecule has 1 saturated heterocycles. The molecule has 8 heteroatoms. The van der Waals surface area contributed by atoms with Gasteiger partial charge >= 0.3 is 0 Å². The molecule has 27 heavy (non-hydrogen) atoms. The van der Waals surface area contributed by atoms with Gasteiger partial charge in [0.1, 0.15) is 23.2 Å². The van der Waals surface area contributed by atoms with Crippen LogP contribution in [0.25, 0.3) is 0 Å². The van der Waals surface area contributed by atoms with E-state index >= 15 is 0 Å². The van der Waals surface area contributed by atoms with Gasteiger partial charge in [0.05, 0.1) is 6.20 Å². The fraction of sp³-hybridized carbons (Fsp3) is 0.632. The number of fused-ring (bicyclic) bond motifs is 1. The van der Waals surface area contributed by atoms with Crippen LogP contribution in [0, 0.1) is 0 Å². The molecule has 0 aliphatic carbocycles. The SMILES string of the molecule is CCn1cc2c(n1)C(O)CC1(CCN(C(=O)c3ncoc3C(C)C)CC1)O2. The Morgan fingerprint density at radius 3 is 2.81 bits per heavy atom. The van der Waals surface area contributed by atoms with Crippen molar-refractivity contribution in [1.29, 1.82) is 0 Å². The van der Waals surface area contributed by atoms with Crippen LogP contribution in [-0.2, 0) is 6.54 Å². The van der Waals surface area contributed by atoms with Crippen molar-refractivity contribution in [3.63, 3.8) is 0 Å². The predicted octanol–water partition coefficient (Wildman–Crippen LogP) is 2.51. The number of aromatic nitrogens is 3. The van der Waals surface area contributed by atoms with Crippen molar-refractivity contribution in [3.8, 4) is 5.75 Å². The van der Waals surface area contributed by atoms with Gasteiger partial charge in [0.25, 0.3) is 5.91 Å². The summed E-state index contributed by atoms with van der Waals surface area (Å²) >= 11 is 0. The van der Waals surface area contributed by atoms with Crippen molar-refractivity contribution in [3.05, 3.63) is 29.7 Å². The van der Waals surface area contributed by atoms with E-state index < -0.39 is 11.7 Å². The molecule has 2 aromatic rings. The number of hydrogen-bond acceptors (Lipinski definition) is 6. The molecule has 0 saturated carbocycles. The van der Waals surface area contributed by atoms with Crippen LogP contribution < -0.4 is 4.74 Å². The van der Waals surface area contributed by atoms with E-state index in [-0.39, 0.29) is 11.8 Å². The average Bonchev–Trinajstić information content (AvgIpc) is 3.28. The lowest BCUT2D eigenvalue weighted by Gasteiger charge is -2.44. The molecule has 2 aliphatic heterocycles. The molecule has 0 bridgehead atoms. The van der Waals surface area contributed by atoms with Crippen LogP contribution in [0.1, 0.15) is 74.0 Å². The predicted molar refractivity (Wildman–Crippen MR) is 96.6 cm³/mol. The Balaban J connectivity index is 1.47. The van der Waals surface area contributed by atoms with E-state index in [2.05, 4.69) is 10.1 Å². The Kier molecular flexibility index (Phi) is 4.46. The van der Waals surface area contributed by atoms with E-state index in [9.17, 15) is 9.90 Å². The minimum atomic E-state index is -0.633. The van der Waals surface area contributed by atoms with Crippen LogP contribution in [0.2, 0.25) is 0 Å². The van der Waals surface area contributed by atoms with E-state index in [4.69, 9.17) is 9.15 Å². The Labute approximate surface area is 158 Å². The number of nitrogens with zero attached hydrogens (tertiary/aromatic N) is 4. The number of hydrogen-bond donors (Lipinski definition) is 1. The number of aryl methyl sites for hydroxylation is 1. The molecule has 4 heterocycles. The molecule has 2 aromatic heterocycles. The maximum atomic E-state index is 12.9. The second kappa shape index (κ2) is 6.67. The summed E-state index contributed by atoms with van der Waals surface area (Å²) < 4.78 is 13.4. The quantitative estimate of drug-likeness (QED) is 0.887. The molecular weight excluding hydrogens is 348 g/mol. The maximum Gasteiger partial charge on any atom is 0.276 e. The van der Waals surface area contributed by atoms with Crippen molar-refractivity contribution in [2.45, 2.75) is 64.2 Å². The summed E-state index contributed by atoms with van der Waals surface area (Å²) in [6.45, 7) is 7.82. The molecule has 0 radical (unpaired) electrons. The molecule has 1 fully saturated rings. The number of aliphatic hydroxyl groups is 1. The van der Waals surface area contributed by atoms with Gasteiger partial charge in [-0.3, -0.25) is 9.48 Å². The zero-order valence-corrected chi connectivity index (χ0v) is 16.0. The van der Waals surface area contributed by atoms with Crippen molar-refractivity contribution in [2.24, 2.45) is 0 Å². The molecular formula is C19H26N4O4. The first-order chi connectivity index (χ1) is 12.9. The largest absolute Gasteiger partial charge is 0.483 e. The summed E-state index contributed by atoms with van der Waals surface area (Å²) in [5.74, 6) is 1.29. The highest BCUT2D eigenvalue weighted by molar-refractivity contribution is 5.93. The Morgan fingerprint density at radius 2 is 2.15 bits per heavy atom. The number of ether oxygens (including phenoxy) is 1. The number of carbonyl (C=O) groups excluding carboxylic acids is 1. The molecule has 4 rings (SSSR count). The zero-order valence-electron chi connectivity index (χ0n) is 16.0. The number of amides is 1. The molecule has 1 atom stereocenters. The number of oxazole rings is 1. The summed E-state index contributed by atoms with van der Waals surface area (Å²) in [5.41, 5.74) is 0.567. The molecule has 146 valence electrons. The van der Waals surface area contributed by atoms with Crippen molar-refractivity contribution in [1.82, 2.24) is 19.7 Å². The lowest BCUT2D eigenvalue weighted by Crippen LogP contribution is -2.51. The number of aliphatic hydroxyl groups excluding tert-OH is 1. The number of piperidine rings is 1. The fourth-order valence-electron chi connectivity index (χ4n) is 4.01. The Hall–Kier alpha value is -2.35. The zero-order chi connectivity index (χ0) is 19.2. The highest BCUT2D eigenvalue weighted by atomic mass is 16.5. The van der Waals surface area contributed by atoms with Gasteiger partial charge in [0, 0.05) is 44.8 Å². The van der Waals surface area contributed by atoms with Crippen LogP contribution in [0.5, 0.6) is 5.75 Å². The number of rotatable bonds is 3. The highest BCUT2D eigenvalue weighted by Crippen LogP contribution is 2.43. The van der Waals surface area contributed by atoms with Crippen molar-refractivity contribution in [2.75, 3.05) is 13.1 Å². The molecule has 8 nitrogen and oxygen atoms in total. The van der Waals surface area contributed by atoms with Gasteiger partial charge < -0.3 is 19.2 Å². The van der Waals surface area contributed by atoms with Crippen LogP contribution in [0.4, 0.5) is 0 Å². The van der Waals surface area contributed by atoms with Gasteiger partial charge in [-0.25, -0.2) is 4.98 Å². The second-order valence-electron chi connectivity index (χ2n) is 7.75. The average molecular weight is 374 g/mol. The summed E-state index contributed by atoms with van der Waals surface area (Å²) in [7, 11) is 0. The van der Waals surface area contributed by atoms with E-state index in [1.807, 2.05) is 27.0 Å². The van der Waals surface area contributed by atoms with E-state index in [1.165, 1.54) is 6.39 Å². The third-order valence-corrected chi connectivity index (χ3v) is 5.57.